The van der Waals surface area contributed by atoms with E-state index in [9.17, 15) is 10.1 Å². The number of allylic oxidation sites excluding steroid dienone is 1. The Balaban J connectivity index is 1.39. The van der Waals surface area contributed by atoms with Gasteiger partial charge in [0.15, 0.2) is 11.0 Å². The summed E-state index contributed by atoms with van der Waals surface area (Å²) in [5, 5.41) is 22.3. The summed E-state index contributed by atoms with van der Waals surface area (Å²) in [5.74, 6) is 1.37. The van der Waals surface area contributed by atoms with Crippen molar-refractivity contribution in [2.45, 2.75) is 44.0 Å². The molecule has 0 fully saturated rings. The molecule has 4 rings (SSSR count). The molecule has 0 aliphatic heterocycles. The Labute approximate surface area is 209 Å². The minimum atomic E-state index is -0.170. The van der Waals surface area contributed by atoms with Crippen molar-refractivity contribution in [3.8, 4) is 11.8 Å². The summed E-state index contributed by atoms with van der Waals surface area (Å²) in [4.78, 5) is 13.9. The molecule has 0 spiro atoms. The number of ether oxygens (including phenoxy) is 1. The highest BCUT2D eigenvalue weighted by molar-refractivity contribution is 9.10. The summed E-state index contributed by atoms with van der Waals surface area (Å²) < 4.78 is 8.68. The van der Waals surface area contributed by atoms with Gasteiger partial charge in [0.05, 0.1) is 11.3 Å². The first-order valence-corrected chi connectivity index (χ1v) is 13.1. The summed E-state index contributed by atoms with van der Waals surface area (Å²) in [5.41, 5.74) is 1.73. The van der Waals surface area contributed by atoms with Crippen LogP contribution >= 0.6 is 39.0 Å². The average molecular weight is 545 g/mol. The lowest BCUT2D eigenvalue weighted by molar-refractivity contribution is -0.113. The molecule has 0 unspecified atom stereocenters. The maximum absolute atomic E-state index is 12.6. The van der Waals surface area contributed by atoms with Gasteiger partial charge in [0.1, 0.15) is 23.4 Å². The van der Waals surface area contributed by atoms with Crippen molar-refractivity contribution in [1.29, 1.82) is 5.26 Å². The molecule has 0 saturated heterocycles. The topological polar surface area (TPSA) is 92.8 Å². The normalized spacial score (nSPS) is 12.6. The minimum absolute atomic E-state index is 0.163. The molecule has 1 aliphatic rings. The zero-order valence-electron chi connectivity index (χ0n) is 17.8. The van der Waals surface area contributed by atoms with Crippen LogP contribution in [0.4, 0.5) is 5.00 Å². The second kappa shape index (κ2) is 11.0. The third kappa shape index (κ3) is 5.66. The molecular weight excluding hydrogens is 522 g/mol. The Kier molecular flexibility index (Phi) is 7.85. The van der Waals surface area contributed by atoms with E-state index in [-0.39, 0.29) is 18.3 Å². The van der Waals surface area contributed by atoms with Gasteiger partial charge in [-0.1, -0.05) is 33.8 Å². The lowest BCUT2D eigenvalue weighted by atomic mass is 9.96. The first-order chi connectivity index (χ1) is 16.1. The fraction of sp³-hybridized carbons (Fsp3) is 0.304. The molecule has 7 nitrogen and oxygen atoms in total. The van der Waals surface area contributed by atoms with Crippen molar-refractivity contribution in [2.24, 2.45) is 0 Å². The Morgan fingerprint density at radius 2 is 2.12 bits per heavy atom. The summed E-state index contributed by atoms with van der Waals surface area (Å²) in [6.45, 7) is 4.57. The number of carbonyl (C=O) groups excluding carboxylic acids is 1. The van der Waals surface area contributed by atoms with Crippen molar-refractivity contribution in [2.75, 3.05) is 11.1 Å². The zero-order valence-corrected chi connectivity index (χ0v) is 21.1. The highest BCUT2D eigenvalue weighted by Crippen LogP contribution is 2.37. The van der Waals surface area contributed by atoms with Crippen LogP contribution in [-0.4, -0.2) is 26.4 Å². The molecule has 0 saturated carbocycles. The number of benzene rings is 1. The predicted octanol–water partition coefficient (Wildman–Crippen LogP) is 5.35. The van der Waals surface area contributed by atoms with Gasteiger partial charge < -0.3 is 10.1 Å². The first-order valence-electron chi connectivity index (χ1n) is 10.5. The smallest absolute Gasteiger partial charge is 0.235 e. The summed E-state index contributed by atoms with van der Waals surface area (Å²) in [7, 11) is 0. The van der Waals surface area contributed by atoms with Gasteiger partial charge in [0.25, 0.3) is 0 Å². The maximum atomic E-state index is 12.6. The van der Waals surface area contributed by atoms with E-state index in [2.05, 4.69) is 44.1 Å². The Hall–Kier alpha value is -2.61. The molecule has 1 aliphatic carbocycles. The van der Waals surface area contributed by atoms with Gasteiger partial charge in [0, 0.05) is 15.9 Å². The van der Waals surface area contributed by atoms with Gasteiger partial charge in [-0.25, -0.2) is 0 Å². The van der Waals surface area contributed by atoms with E-state index in [0.717, 1.165) is 41.5 Å². The SMILES string of the molecule is C=CCn1c(COc2ccc(Br)cc2)nnc1SCC(=O)Nc1sc2c(c1C#N)CCCC2. The summed E-state index contributed by atoms with van der Waals surface area (Å²) >= 11 is 6.23. The second-order valence-corrected chi connectivity index (χ2v) is 10.4. The minimum Gasteiger partial charge on any atom is -0.486 e. The quantitative estimate of drug-likeness (QED) is 0.289. The van der Waals surface area contributed by atoms with Crippen molar-refractivity contribution in [1.82, 2.24) is 14.8 Å². The van der Waals surface area contributed by atoms with Crippen LogP contribution in [0.25, 0.3) is 0 Å². The zero-order chi connectivity index (χ0) is 23.2. The number of aromatic nitrogens is 3. The average Bonchev–Trinajstić information content (AvgIpc) is 3.37. The van der Waals surface area contributed by atoms with Crippen LogP contribution in [0.5, 0.6) is 5.75 Å². The van der Waals surface area contributed by atoms with Crippen LogP contribution < -0.4 is 10.1 Å². The summed E-state index contributed by atoms with van der Waals surface area (Å²) in [6, 6.07) is 9.84. The van der Waals surface area contributed by atoms with Gasteiger partial charge in [0.2, 0.25) is 5.91 Å². The number of aryl methyl sites for hydroxylation is 1. The fourth-order valence-corrected chi connectivity index (χ4v) is 5.88. The van der Waals surface area contributed by atoms with Gasteiger partial charge in [-0.3, -0.25) is 9.36 Å². The lowest BCUT2D eigenvalue weighted by Gasteiger charge is -2.09. The number of nitrogens with zero attached hydrogens (tertiary/aromatic N) is 4. The molecule has 33 heavy (non-hydrogen) atoms. The molecule has 0 radical (unpaired) electrons. The number of anilines is 1. The Bertz CT molecular complexity index is 1200. The maximum Gasteiger partial charge on any atom is 0.235 e. The third-order valence-corrected chi connectivity index (χ3v) is 7.86. The van der Waals surface area contributed by atoms with E-state index in [1.54, 1.807) is 6.08 Å². The van der Waals surface area contributed by atoms with Crippen molar-refractivity contribution in [3.05, 3.63) is 63.2 Å². The van der Waals surface area contributed by atoms with E-state index in [1.807, 2.05) is 28.8 Å². The standard InChI is InChI=1S/C23H22BrN5O2S2/c1-2-11-29-20(13-31-16-9-7-15(24)8-10-16)27-28-23(29)32-14-21(30)26-22-18(12-25)17-5-3-4-6-19(17)33-22/h2,7-10H,1,3-6,11,13-14H2,(H,26,30). The molecule has 2 heterocycles. The number of nitriles is 1. The van der Waals surface area contributed by atoms with E-state index in [1.165, 1.54) is 28.0 Å². The van der Waals surface area contributed by atoms with Gasteiger partial charge >= 0.3 is 0 Å². The van der Waals surface area contributed by atoms with E-state index in [0.29, 0.717) is 28.1 Å². The molecule has 170 valence electrons. The van der Waals surface area contributed by atoms with Gasteiger partial charge in [-0.15, -0.1) is 28.1 Å². The van der Waals surface area contributed by atoms with E-state index < -0.39 is 0 Å². The Morgan fingerprint density at radius 1 is 1.33 bits per heavy atom. The van der Waals surface area contributed by atoms with Crippen LogP contribution in [0.15, 0.2) is 46.5 Å². The highest BCUT2D eigenvalue weighted by Gasteiger charge is 2.22. The first kappa shape index (κ1) is 23.5. The predicted molar refractivity (Wildman–Crippen MR) is 134 cm³/mol. The van der Waals surface area contributed by atoms with Crippen LogP contribution in [0.3, 0.4) is 0 Å². The molecule has 10 heteroatoms. The lowest BCUT2D eigenvalue weighted by Crippen LogP contribution is -2.15. The molecule has 0 bridgehead atoms. The molecule has 1 amide bonds. The molecule has 3 aromatic rings. The monoisotopic (exact) mass is 543 g/mol. The van der Waals surface area contributed by atoms with Gasteiger partial charge in [-0.2, -0.15) is 5.26 Å². The van der Waals surface area contributed by atoms with Crippen LogP contribution in [-0.2, 0) is 30.8 Å². The van der Waals surface area contributed by atoms with Gasteiger partial charge in [-0.05, 0) is 55.5 Å². The number of hydrogen-bond acceptors (Lipinski definition) is 7. The number of thiophene rings is 1. The number of amides is 1. The Morgan fingerprint density at radius 3 is 2.88 bits per heavy atom. The summed E-state index contributed by atoms with van der Waals surface area (Å²) in [6.07, 6.45) is 5.87. The number of hydrogen-bond donors (Lipinski definition) is 1. The van der Waals surface area contributed by atoms with Crippen LogP contribution in [0.2, 0.25) is 0 Å². The van der Waals surface area contributed by atoms with Crippen LogP contribution in [0.1, 0.15) is 34.7 Å². The molecular formula is C23H22BrN5O2S2. The molecule has 0 atom stereocenters. The van der Waals surface area contributed by atoms with Crippen molar-refractivity contribution >= 4 is 49.9 Å². The number of halogens is 1. The number of rotatable bonds is 9. The van der Waals surface area contributed by atoms with Crippen molar-refractivity contribution in [3.63, 3.8) is 0 Å². The second-order valence-electron chi connectivity index (χ2n) is 7.40. The fourth-order valence-electron chi connectivity index (χ4n) is 3.59. The largest absolute Gasteiger partial charge is 0.486 e. The number of carbonyl (C=O) groups is 1. The van der Waals surface area contributed by atoms with Crippen molar-refractivity contribution < 1.29 is 9.53 Å². The molecule has 1 aromatic carbocycles. The number of nitrogens with one attached hydrogen (secondary N) is 1. The molecule has 2 aromatic heterocycles. The number of thioether (sulfide) groups is 1. The third-order valence-electron chi connectivity index (χ3n) is 5.16. The van der Waals surface area contributed by atoms with Crippen LogP contribution in [0, 0.1) is 11.3 Å². The number of fused-ring (bicyclic) bond motifs is 1. The molecule has 1 N–H and O–H groups in total. The van der Waals surface area contributed by atoms with E-state index in [4.69, 9.17) is 4.74 Å². The highest BCUT2D eigenvalue weighted by atomic mass is 79.9. The van der Waals surface area contributed by atoms with E-state index >= 15 is 0 Å².